The van der Waals surface area contributed by atoms with Crippen LogP contribution in [0.1, 0.15) is 55.2 Å². The lowest BCUT2D eigenvalue weighted by molar-refractivity contribution is 0.0127. The lowest BCUT2D eigenvalue weighted by Gasteiger charge is -2.20. The van der Waals surface area contributed by atoms with Crippen molar-refractivity contribution in [3.8, 4) is 0 Å². The summed E-state index contributed by atoms with van der Waals surface area (Å²) in [5.74, 6) is 0.393. The first-order valence-electron chi connectivity index (χ1n) is 7.01. The highest BCUT2D eigenvalue weighted by molar-refractivity contribution is 5.87. The van der Waals surface area contributed by atoms with Crippen LogP contribution < -0.4 is 0 Å². The number of oxazole rings is 1. The Morgan fingerprint density at radius 1 is 1.42 bits per heavy atom. The third-order valence-corrected chi connectivity index (χ3v) is 3.21. The first-order valence-corrected chi connectivity index (χ1v) is 7.01. The van der Waals surface area contributed by atoms with E-state index in [1.807, 2.05) is 6.92 Å². The molecule has 106 valence electrons. The molecule has 0 radical (unpaired) electrons. The SMILES string of the molecule is CCOC(=O)c1oc(CC2CCCCO2)nc1CC. The zero-order valence-electron chi connectivity index (χ0n) is 11.6. The van der Waals surface area contributed by atoms with Crippen LogP contribution in [0.2, 0.25) is 0 Å². The van der Waals surface area contributed by atoms with Gasteiger partial charge in [0, 0.05) is 6.61 Å². The predicted molar refractivity (Wildman–Crippen MR) is 69.1 cm³/mol. The number of rotatable bonds is 5. The quantitative estimate of drug-likeness (QED) is 0.767. The van der Waals surface area contributed by atoms with E-state index in [4.69, 9.17) is 13.9 Å². The second-order valence-corrected chi connectivity index (χ2v) is 4.65. The smallest absolute Gasteiger partial charge is 0.376 e. The van der Waals surface area contributed by atoms with Crippen LogP contribution in [0.3, 0.4) is 0 Å². The van der Waals surface area contributed by atoms with Crippen molar-refractivity contribution in [2.75, 3.05) is 13.2 Å². The Labute approximate surface area is 113 Å². The van der Waals surface area contributed by atoms with E-state index in [-0.39, 0.29) is 11.9 Å². The number of carbonyl (C=O) groups is 1. The third-order valence-electron chi connectivity index (χ3n) is 3.21. The highest BCUT2D eigenvalue weighted by atomic mass is 16.5. The molecular weight excluding hydrogens is 246 g/mol. The van der Waals surface area contributed by atoms with Gasteiger partial charge in [-0.15, -0.1) is 0 Å². The van der Waals surface area contributed by atoms with Crippen molar-refractivity contribution in [2.45, 2.75) is 52.1 Å². The fourth-order valence-corrected chi connectivity index (χ4v) is 2.25. The number of ether oxygens (including phenoxy) is 2. The fraction of sp³-hybridized carbons (Fsp3) is 0.714. The van der Waals surface area contributed by atoms with Crippen LogP contribution in [0.25, 0.3) is 0 Å². The van der Waals surface area contributed by atoms with E-state index < -0.39 is 5.97 Å². The van der Waals surface area contributed by atoms with E-state index >= 15 is 0 Å². The molecule has 2 rings (SSSR count). The molecule has 5 nitrogen and oxygen atoms in total. The highest BCUT2D eigenvalue weighted by Gasteiger charge is 2.23. The monoisotopic (exact) mass is 267 g/mol. The van der Waals surface area contributed by atoms with Gasteiger partial charge in [0.25, 0.3) is 0 Å². The lowest BCUT2D eigenvalue weighted by Crippen LogP contribution is -2.21. The molecule has 0 aliphatic carbocycles. The number of hydrogen-bond acceptors (Lipinski definition) is 5. The van der Waals surface area contributed by atoms with Crippen molar-refractivity contribution in [3.63, 3.8) is 0 Å². The summed E-state index contributed by atoms with van der Waals surface area (Å²) in [6.07, 6.45) is 4.77. The van der Waals surface area contributed by atoms with Crippen LogP contribution in [0, 0.1) is 0 Å². The minimum atomic E-state index is -0.428. The molecule has 1 aromatic rings. The van der Waals surface area contributed by atoms with Gasteiger partial charge in [0.1, 0.15) is 0 Å². The summed E-state index contributed by atoms with van der Waals surface area (Å²) in [6.45, 7) is 4.86. The zero-order valence-corrected chi connectivity index (χ0v) is 11.6. The second-order valence-electron chi connectivity index (χ2n) is 4.65. The van der Waals surface area contributed by atoms with Gasteiger partial charge in [-0.25, -0.2) is 9.78 Å². The molecule has 1 aliphatic rings. The molecule has 1 saturated heterocycles. The minimum absolute atomic E-state index is 0.159. The first kappa shape index (κ1) is 14.1. The van der Waals surface area contributed by atoms with Gasteiger partial charge in [0.05, 0.1) is 24.8 Å². The van der Waals surface area contributed by atoms with Gasteiger partial charge in [-0.1, -0.05) is 6.92 Å². The molecule has 19 heavy (non-hydrogen) atoms. The van der Waals surface area contributed by atoms with E-state index in [1.54, 1.807) is 6.92 Å². The van der Waals surface area contributed by atoms with Gasteiger partial charge < -0.3 is 13.9 Å². The van der Waals surface area contributed by atoms with Crippen molar-refractivity contribution in [1.29, 1.82) is 0 Å². The third kappa shape index (κ3) is 3.56. The summed E-state index contributed by atoms with van der Waals surface area (Å²) < 4.78 is 16.2. The molecule has 0 bridgehead atoms. The normalized spacial score (nSPS) is 19.4. The standard InChI is InChI=1S/C14H21NO4/c1-3-11-13(14(16)17-4-2)19-12(15-11)9-10-7-5-6-8-18-10/h10H,3-9H2,1-2H3. The molecule has 0 N–H and O–H groups in total. The zero-order chi connectivity index (χ0) is 13.7. The Bertz CT molecular complexity index is 421. The van der Waals surface area contributed by atoms with Crippen LogP contribution in [0.15, 0.2) is 4.42 Å². The maximum Gasteiger partial charge on any atom is 0.376 e. The molecule has 1 unspecified atom stereocenters. The average Bonchev–Trinajstić information content (AvgIpc) is 2.83. The Morgan fingerprint density at radius 3 is 2.89 bits per heavy atom. The topological polar surface area (TPSA) is 61.6 Å². The fourth-order valence-electron chi connectivity index (χ4n) is 2.25. The van der Waals surface area contributed by atoms with Crippen LogP contribution in [0.4, 0.5) is 0 Å². The molecule has 1 aliphatic heterocycles. The summed E-state index contributed by atoms with van der Waals surface area (Å²) >= 11 is 0. The molecule has 0 saturated carbocycles. The molecule has 1 aromatic heterocycles. The molecule has 1 atom stereocenters. The van der Waals surface area contributed by atoms with Gasteiger partial charge in [-0.3, -0.25) is 0 Å². The summed E-state index contributed by atoms with van der Waals surface area (Å²) in [7, 11) is 0. The Balaban J connectivity index is 2.06. The Kier molecular flexibility index (Phi) is 4.96. The van der Waals surface area contributed by atoms with Crippen LogP contribution >= 0.6 is 0 Å². The van der Waals surface area contributed by atoms with Gasteiger partial charge in [-0.05, 0) is 32.6 Å². The molecule has 1 fully saturated rings. The second kappa shape index (κ2) is 6.70. The van der Waals surface area contributed by atoms with Crippen molar-refractivity contribution in [2.24, 2.45) is 0 Å². The highest BCUT2D eigenvalue weighted by Crippen LogP contribution is 2.20. The molecule has 0 aromatic carbocycles. The molecule has 2 heterocycles. The number of carbonyl (C=O) groups excluding carboxylic acids is 1. The molecule has 0 amide bonds. The number of hydrogen-bond donors (Lipinski definition) is 0. The van der Waals surface area contributed by atoms with Crippen molar-refractivity contribution in [3.05, 3.63) is 17.3 Å². The lowest BCUT2D eigenvalue weighted by atomic mass is 10.1. The first-order chi connectivity index (χ1) is 9.24. The Hall–Kier alpha value is -1.36. The maximum atomic E-state index is 11.7. The van der Waals surface area contributed by atoms with Crippen LogP contribution in [-0.4, -0.2) is 30.3 Å². The van der Waals surface area contributed by atoms with Crippen molar-refractivity contribution >= 4 is 5.97 Å². The van der Waals surface area contributed by atoms with E-state index in [0.29, 0.717) is 31.0 Å². The average molecular weight is 267 g/mol. The van der Waals surface area contributed by atoms with Crippen LogP contribution in [0.5, 0.6) is 0 Å². The Morgan fingerprint density at radius 2 is 2.26 bits per heavy atom. The summed E-state index contributed by atoms with van der Waals surface area (Å²) in [5.41, 5.74) is 0.671. The number of aryl methyl sites for hydroxylation is 1. The summed E-state index contributed by atoms with van der Waals surface area (Å²) in [5, 5.41) is 0. The van der Waals surface area contributed by atoms with Gasteiger partial charge in [-0.2, -0.15) is 0 Å². The van der Waals surface area contributed by atoms with Gasteiger partial charge in [0.15, 0.2) is 5.89 Å². The van der Waals surface area contributed by atoms with Crippen LogP contribution in [-0.2, 0) is 22.3 Å². The number of esters is 1. The largest absolute Gasteiger partial charge is 0.460 e. The number of nitrogens with zero attached hydrogens (tertiary/aromatic N) is 1. The maximum absolute atomic E-state index is 11.7. The van der Waals surface area contributed by atoms with Gasteiger partial charge >= 0.3 is 5.97 Å². The van der Waals surface area contributed by atoms with Crippen molar-refractivity contribution in [1.82, 2.24) is 4.98 Å². The molecule has 5 heteroatoms. The number of aromatic nitrogens is 1. The predicted octanol–water partition coefficient (Wildman–Crippen LogP) is 2.53. The van der Waals surface area contributed by atoms with Crippen molar-refractivity contribution < 1.29 is 18.7 Å². The minimum Gasteiger partial charge on any atom is -0.460 e. The van der Waals surface area contributed by atoms with E-state index in [2.05, 4.69) is 4.98 Å². The molecule has 0 spiro atoms. The molecular formula is C14H21NO4. The summed E-state index contributed by atoms with van der Waals surface area (Å²) in [6, 6.07) is 0. The van der Waals surface area contributed by atoms with E-state index in [1.165, 1.54) is 6.42 Å². The van der Waals surface area contributed by atoms with E-state index in [9.17, 15) is 4.79 Å². The summed E-state index contributed by atoms with van der Waals surface area (Å²) in [4.78, 5) is 16.1. The van der Waals surface area contributed by atoms with E-state index in [0.717, 1.165) is 19.4 Å². The van der Waals surface area contributed by atoms with Gasteiger partial charge in [0.2, 0.25) is 5.76 Å².